The van der Waals surface area contributed by atoms with Crippen molar-refractivity contribution in [2.75, 3.05) is 0 Å². The van der Waals surface area contributed by atoms with Crippen LogP contribution in [0.15, 0.2) is 33.9 Å². The van der Waals surface area contributed by atoms with Crippen LogP contribution in [0, 0.1) is 25.1 Å². The lowest BCUT2D eigenvalue weighted by Crippen LogP contribution is -2.43. The number of nitrogens with zero attached hydrogens (tertiary/aromatic N) is 5. The van der Waals surface area contributed by atoms with Crippen LogP contribution >= 0.6 is 0 Å². The smallest absolute Gasteiger partial charge is 0.297 e. The van der Waals surface area contributed by atoms with Crippen LogP contribution < -0.4 is 11.2 Å². The topological polar surface area (TPSA) is 83.3 Å². The number of aromatic nitrogens is 5. The lowest BCUT2D eigenvalue weighted by atomic mass is 9.91. The second kappa shape index (κ2) is 6.76. The van der Waals surface area contributed by atoms with Crippen LogP contribution in [0.25, 0.3) is 22.6 Å². The summed E-state index contributed by atoms with van der Waals surface area (Å²) in [5, 5.41) is 0. The van der Waals surface area contributed by atoms with Gasteiger partial charge in [0.25, 0.3) is 5.56 Å². The van der Waals surface area contributed by atoms with Gasteiger partial charge in [-0.05, 0) is 26.0 Å². The van der Waals surface area contributed by atoms with E-state index in [2.05, 4.69) is 4.98 Å². The van der Waals surface area contributed by atoms with E-state index < -0.39 is 22.5 Å². The first kappa shape index (κ1) is 20.8. The molecular weight excluding hydrogens is 401 g/mol. The van der Waals surface area contributed by atoms with Crippen LogP contribution in [0.3, 0.4) is 0 Å². The van der Waals surface area contributed by atoms with E-state index in [9.17, 15) is 18.8 Å². The van der Waals surface area contributed by atoms with E-state index in [1.165, 1.54) is 17.7 Å². The molecule has 0 amide bonds. The van der Waals surface area contributed by atoms with Crippen molar-refractivity contribution in [3.05, 3.63) is 62.3 Å². The number of carbonyl (C=O) groups excluding carboxylic acids is 1. The molecule has 0 unspecified atom stereocenters. The zero-order valence-electron chi connectivity index (χ0n) is 18.4. The number of ketones is 1. The third-order valence-electron chi connectivity index (χ3n) is 5.75. The summed E-state index contributed by atoms with van der Waals surface area (Å²) >= 11 is 0. The Balaban J connectivity index is 2.12. The number of aryl methyl sites for hydroxylation is 2. The van der Waals surface area contributed by atoms with Crippen molar-refractivity contribution in [1.82, 2.24) is 23.1 Å². The molecule has 0 atom stereocenters. The second-order valence-electron chi connectivity index (χ2n) is 8.78. The summed E-state index contributed by atoms with van der Waals surface area (Å²) in [6.07, 6.45) is 0. The summed E-state index contributed by atoms with van der Waals surface area (Å²) in [6, 6.07) is 6.29. The van der Waals surface area contributed by atoms with Gasteiger partial charge in [-0.15, -0.1) is 0 Å². The molecule has 1 aromatic carbocycles. The standard InChI is InChI=1S/C22H24FN5O3/c1-12-13(2)28-17-18(24-20(28)27(12)15-10-8-7-9-14(15)23)25(6)21(31)26(19(17)30)11-16(29)22(3,4)5/h7-10H,11H2,1-6H3. The Morgan fingerprint density at radius 3 is 2.35 bits per heavy atom. The molecule has 0 saturated heterocycles. The van der Waals surface area contributed by atoms with Gasteiger partial charge in [0.15, 0.2) is 16.9 Å². The average Bonchev–Trinajstić information content (AvgIpc) is 3.19. The van der Waals surface area contributed by atoms with Crippen molar-refractivity contribution in [2.24, 2.45) is 12.5 Å². The highest BCUT2D eigenvalue weighted by atomic mass is 19.1. The molecule has 0 aliphatic carbocycles. The molecule has 0 aliphatic rings. The molecule has 0 saturated carbocycles. The zero-order valence-corrected chi connectivity index (χ0v) is 18.4. The number of Topliss-reactive ketones (excluding diaryl/α,β-unsaturated/α-hetero) is 1. The fraction of sp³-hybridized carbons (Fsp3) is 0.364. The molecule has 9 heteroatoms. The maximum Gasteiger partial charge on any atom is 0.332 e. The van der Waals surface area contributed by atoms with Crippen LogP contribution in [0.2, 0.25) is 0 Å². The molecule has 0 spiro atoms. The number of halogens is 1. The predicted molar refractivity (Wildman–Crippen MR) is 115 cm³/mol. The summed E-state index contributed by atoms with van der Waals surface area (Å²) in [4.78, 5) is 43.3. The Bertz CT molecular complexity index is 1490. The first-order chi connectivity index (χ1) is 14.4. The molecule has 0 aliphatic heterocycles. The third-order valence-corrected chi connectivity index (χ3v) is 5.75. The summed E-state index contributed by atoms with van der Waals surface area (Å²) in [7, 11) is 1.50. The van der Waals surface area contributed by atoms with Gasteiger partial charge in [0.2, 0.25) is 5.78 Å². The number of hydrogen-bond acceptors (Lipinski definition) is 4. The van der Waals surface area contributed by atoms with Crippen molar-refractivity contribution in [3.8, 4) is 5.69 Å². The predicted octanol–water partition coefficient (Wildman–Crippen LogP) is 2.51. The molecule has 4 rings (SSSR count). The molecule has 8 nitrogen and oxygen atoms in total. The van der Waals surface area contributed by atoms with E-state index >= 15 is 0 Å². The van der Waals surface area contributed by atoms with Gasteiger partial charge in [-0.2, -0.15) is 4.98 Å². The molecule has 4 aromatic rings. The fourth-order valence-electron chi connectivity index (χ4n) is 3.69. The maximum atomic E-state index is 14.6. The van der Waals surface area contributed by atoms with Crippen molar-refractivity contribution in [2.45, 2.75) is 41.2 Å². The van der Waals surface area contributed by atoms with E-state index in [1.807, 2.05) is 6.92 Å². The number of para-hydroxylation sites is 1. The van der Waals surface area contributed by atoms with Gasteiger partial charge in [-0.1, -0.05) is 32.9 Å². The third kappa shape index (κ3) is 2.95. The number of hydrogen-bond donors (Lipinski definition) is 0. The minimum Gasteiger partial charge on any atom is -0.297 e. The van der Waals surface area contributed by atoms with E-state index in [4.69, 9.17) is 0 Å². The van der Waals surface area contributed by atoms with Crippen molar-refractivity contribution in [1.29, 1.82) is 0 Å². The lowest BCUT2D eigenvalue weighted by Gasteiger charge is -2.17. The molecule has 0 N–H and O–H groups in total. The Hall–Kier alpha value is -3.49. The van der Waals surface area contributed by atoms with E-state index in [-0.39, 0.29) is 23.5 Å². The second-order valence-corrected chi connectivity index (χ2v) is 8.78. The summed E-state index contributed by atoms with van der Waals surface area (Å²) < 4.78 is 20.0. The molecular formula is C22H24FN5O3. The van der Waals surface area contributed by atoms with Crippen LogP contribution in [0.1, 0.15) is 32.2 Å². The largest absolute Gasteiger partial charge is 0.332 e. The van der Waals surface area contributed by atoms with Gasteiger partial charge >= 0.3 is 5.69 Å². The molecule has 0 bridgehead atoms. The van der Waals surface area contributed by atoms with Gasteiger partial charge in [0, 0.05) is 23.9 Å². The molecule has 3 heterocycles. The van der Waals surface area contributed by atoms with Gasteiger partial charge in [-0.25, -0.2) is 9.18 Å². The number of rotatable bonds is 3. The quantitative estimate of drug-likeness (QED) is 0.505. The van der Waals surface area contributed by atoms with Crippen molar-refractivity contribution >= 4 is 22.7 Å². The highest BCUT2D eigenvalue weighted by Gasteiger charge is 2.27. The SMILES string of the molecule is Cc1c(C)n2c3c(=O)n(CC(=O)C(C)(C)C)c(=O)n(C)c3nc2n1-c1ccccc1F. The van der Waals surface area contributed by atoms with Gasteiger partial charge in [0.05, 0.1) is 12.2 Å². The Kier molecular flexibility index (Phi) is 4.53. The first-order valence-corrected chi connectivity index (χ1v) is 9.93. The Labute approximate surface area is 177 Å². The highest BCUT2D eigenvalue weighted by molar-refractivity contribution is 5.84. The number of fused-ring (bicyclic) bond motifs is 3. The summed E-state index contributed by atoms with van der Waals surface area (Å²) in [5.41, 5.74) is 0.117. The zero-order chi connectivity index (χ0) is 22.8. The van der Waals surface area contributed by atoms with Crippen molar-refractivity contribution < 1.29 is 9.18 Å². The van der Waals surface area contributed by atoms with E-state index in [0.29, 0.717) is 22.9 Å². The molecule has 31 heavy (non-hydrogen) atoms. The summed E-state index contributed by atoms with van der Waals surface area (Å²) in [5.74, 6) is -0.344. The number of carbonyl (C=O) groups is 1. The van der Waals surface area contributed by atoms with Crippen molar-refractivity contribution in [3.63, 3.8) is 0 Å². The minimum absolute atomic E-state index is 0.175. The normalized spacial score (nSPS) is 12.2. The minimum atomic E-state index is -0.702. The number of benzene rings is 1. The molecule has 0 radical (unpaired) electrons. The average molecular weight is 425 g/mol. The Morgan fingerprint density at radius 1 is 1.10 bits per heavy atom. The lowest BCUT2D eigenvalue weighted by molar-refractivity contribution is -0.127. The van der Waals surface area contributed by atoms with Crippen LogP contribution in [0.4, 0.5) is 4.39 Å². The first-order valence-electron chi connectivity index (χ1n) is 9.93. The van der Waals surface area contributed by atoms with Crippen LogP contribution in [-0.4, -0.2) is 28.9 Å². The molecule has 3 aromatic heterocycles. The highest BCUT2D eigenvalue weighted by Crippen LogP contribution is 2.26. The van der Waals surface area contributed by atoms with Crippen LogP contribution in [0.5, 0.6) is 0 Å². The van der Waals surface area contributed by atoms with Gasteiger partial charge in [-0.3, -0.25) is 27.7 Å². The number of imidazole rings is 2. The summed E-state index contributed by atoms with van der Waals surface area (Å²) in [6.45, 7) is 8.50. The Morgan fingerprint density at radius 2 is 1.74 bits per heavy atom. The van der Waals surface area contributed by atoms with E-state index in [0.717, 1.165) is 4.57 Å². The molecule has 0 fully saturated rings. The maximum absolute atomic E-state index is 14.6. The molecule has 162 valence electrons. The fourth-order valence-corrected chi connectivity index (χ4v) is 3.69. The monoisotopic (exact) mass is 425 g/mol. The van der Waals surface area contributed by atoms with E-state index in [1.54, 1.807) is 54.9 Å². The van der Waals surface area contributed by atoms with Gasteiger partial charge < -0.3 is 0 Å². The van der Waals surface area contributed by atoms with Crippen LogP contribution in [-0.2, 0) is 18.4 Å². The van der Waals surface area contributed by atoms with Gasteiger partial charge in [0.1, 0.15) is 5.82 Å².